The quantitative estimate of drug-likeness (QED) is 0.562. The number of rotatable bonds is 5. The summed E-state index contributed by atoms with van der Waals surface area (Å²) in [7, 11) is 0. The van der Waals surface area contributed by atoms with Gasteiger partial charge in [0.1, 0.15) is 17.5 Å². The van der Waals surface area contributed by atoms with Crippen molar-refractivity contribution in [1.29, 1.82) is 0 Å². The molecule has 1 aromatic rings. The van der Waals surface area contributed by atoms with E-state index >= 15 is 0 Å². The van der Waals surface area contributed by atoms with Crippen LogP contribution in [0.2, 0.25) is 0 Å². The molecule has 0 aromatic carbocycles. The van der Waals surface area contributed by atoms with Crippen molar-refractivity contribution in [3.8, 4) is 0 Å². The first-order chi connectivity index (χ1) is 9.17. The molecular formula is C14H25N5. The standard InChI is InChI=1S/C14H25N5/c1-10-4-3-5-12(8-10)6-7-16-13-9-14(19-15)18-11(2)17-13/h9-10,12H,3-8,15H2,1-2H3,(H2,16,17,18,19). The third kappa shape index (κ3) is 4.35. The van der Waals surface area contributed by atoms with Crippen LogP contribution in [0.3, 0.4) is 0 Å². The Morgan fingerprint density at radius 1 is 1.32 bits per heavy atom. The van der Waals surface area contributed by atoms with Gasteiger partial charge >= 0.3 is 0 Å². The minimum atomic E-state index is 0.654. The summed E-state index contributed by atoms with van der Waals surface area (Å²) in [5.41, 5.74) is 2.56. The molecular weight excluding hydrogens is 238 g/mol. The maximum absolute atomic E-state index is 5.38. The fourth-order valence-corrected chi connectivity index (χ4v) is 2.96. The normalized spacial score (nSPS) is 23.1. The summed E-state index contributed by atoms with van der Waals surface area (Å²) >= 11 is 0. The summed E-state index contributed by atoms with van der Waals surface area (Å²) in [5.74, 6) is 9.38. The Morgan fingerprint density at radius 2 is 2.11 bits per heavy atom. The zero-order valence-corrected chi connectivity index (χ0v) is 11.9. The molecule has 1 aromatic heterocycles. The van der Waals surface area contributed by atoms with Gasteiger partial charge in [-0.3, -0.25) is 0 Å². The highest BCUT2D eigenvalue weighted by molar-refractivity contribution is 5.46. The van der Waals surface area contributed by atoms with E-state index in [0.717, 1.165) is 30.0 Å². The number of anilines is 2. The van der Waals surface area contributed by atoms with Gasteiger partial charge in [0.2, 0.25) is 0 Å². The van der Waals surface area contributed by atoms with Gasteiger partial charge in [0.25, 0.3) is 0 Å². The Kier molecular flexibility index (Phi) is 4.96. The Hall–Kier alpha value is -1.36. The smallest absolute Gasteiger partial charge is 0.145 e. The van der Waals surface area contributed by atoms with Crippen LogP contribution in [0, 0.1) is 18.8 Å². The minimum Gasteiger partial charge on any atom is -0.370 e. The summed E-state index contributed by atoms with van der Waals surface area (Å²) < 4.78 is 0. The van der Waals surface area contributed by atoms with Crippen molar-refractivity contribution >= 4 is 11.6 Å². The van der Waals surface area contributed by atoms with E-state index in [4.69, 9.17) is 5.84 Å². The van der Waals surface area contributed by atoms with Gasteiger partial charge in [-0.1, -0.05) is 26.2 Å². The molecule has 0 aliphatic heterocycles. The number of nitrogens with zero attached hydrogens (tertiary/aromatic N) is 2. The topological polar surface area (TPSA) is 75.9 Å². The third-order valence-electron chi connectivity index (χ3n) is 3.89. The highest BCUT2D eigenvalue weighted by Crippen LogP contribution is 2.30. The molecule has 0 radical (unpaired) electrons. The SMILES string of the molecule is Cc1nc(NN)cc(NCCC2CCCC(C)C2)n1. The molecule has 4 N–H and O–H groups in total. The van der Waals surface area contributed by atoms with Crippen LogP contribution in [0.15, 0.2) is 6.07 Å². The Morgan fingerprint density at radius 3 is 2.84 bits per heavy atom. The second-order valence-corrected chi connectivity index (χ2v) is 5.68. The zero-order chi connectivity index (χ0) is 13.7. The lowest BCUT2D eigenvalue weighted by molar-refractivity contribution is 0.274. The lowest BCUT2D eigenvalue weighted by Crippen LogP contribution is -2.17. The molecule has 0 amide bonds. The van der Waals surface area contributed by atoms with Crippen molar-refractivity contribution in [3.05, 3.63) is 11.9 Å². The molecule has 2 unspecified atom stereocenters. The van der Waals surface area contributed by atoms with Crippen molar-refractivity contribution < 1.29 is 0 Å². The molecule has 1 fully saturated rings. The number of nitrogen functional groups attached to an aromatic ring is 1. The molecule has 0 saturated heterocycles. The summed E-state index contributed by atoms with van der Waals surface area (Å²) in [5, 5.41) is 3.38. The van der Waals surface area contributed by atoms with Crippen molar-refractivity contribution in [2.45, 2.75) is 46.0 Å². The van der Waals surface area contributed by atoms with E-state index in [9.17, 15) is 0 Å². The van der Waals surface area contributed by atoms with Gasteiger partial charge in [-0.25, -0.2) is 15.8 Å². The van der Waals surface area contributed by atoms with Crippen LogP contribution in [0.1, 0.15) is 44.9 Å². The van der Waals surface area contributed by atoms with E-state index in [1.165, 1.54) is 32.1 Å². The van der Waals surface area contributed by atoms with Gasteiger partial charge in [0, 0.05) is 12.6 Å². The number of nitrogens with one attached hydrogen (secondary N) is 2. The van der Waals surface area contributed by atoms with Crippen molar-refractivity contribution in [1.82, 2.24) is 9.97 Å². The Labute approximate surface area is 115 Å². The van der Waals surface area contributed by atoms with Crippen LogP contribution in [-0.4, -0.2) is 16.5 Å². The number of aryl methyl sites for hydroxylation is 1. The number of hydrazine groups is 1. The van der Waals surface area contributed by atoms with Crippen LogP contribution < -0.4 is 16.6 Å². The predicted molar refractivity (Wildman–Crippen MR) is 78.8 cm³/mol. The van der Waals surface area contributed by atoms with Gasteiger partial charge < -0.3 is 10.7 Å². The molecule has 19 heavy (non-hydrogen) atoms. The monoisotopic (exact) mass is 263 g/mol. The van der Waals surface area contributed by atoms with E-state index < -0.39 is 0 Å². The lowest BCUT2D eigenvalue weighted by Gasteiger charge is -2.26. The first-order valence-electron chi connectivity index (χ1n) is 7.23. The first kappa shape index (κ1) is 14.1. The molecule has 1 aliphatic carbocycles. The molecule has 5 nitrogen and oxygen atoms in total. The summed E-state index contributed by atoms with van der Waals surface area (Å²) in [4.78, 5) is 8.53. The van der Waals surface area contributed by atoms with E-state index in [1.54, 1.807) is 0 Å². The molecule has 1 heterocycles. The number of hydrogen-bond acceptors (Lipinski definition) is 5. The van der Waals surface area contributed by atoms with Crippen LogP contribution in [0.5, 0.6) is 0 Å². The Bertz CT molecular complexity index is 407. The minimum absolute atomic E-state index is 0.654. The number of nitrogens with two attached hydrogens (primary N) is 1. The van der Waals surface area contributed by atoms with E-state index in [1.807, 2.05) is 13.0 Å². The first-order valence-corrected chi connectivity index (χ1v) is 7.23. The molecule has 0 bridgehead atoms. The van der Waals surface area contributed by atoms with Crippen LogP contribution in [0.25, 0.3) is 0 Å². The summed E-state index contributed by atoms with van der Waals surface area (Å²) in [6, 6.07) is 1.84. The second-order valence-electron chi connectivity index (χ2n) is 5.68. The average molecular weight is 263 g/mol. The van der Waals surface area contributed by atoms with Crippen molar-refractivity contribution in [2.75, 3.05) is 17.3 Å². The average Bonchev–Trinajstić information content (AvgIpc) is 2.38. The van der Waals surface area contributed by atoms with Gasteiger partial charge in [-0.2, -0.15) is 0 Å². The van der Waals surface area contributed by atoms with Crippen molar-refractivity contribution in [2.24, 2.45) is 17.7 Å². The van der Waals surface area contributed by atoms with Gasteiger partial charge in [-0.15, -0.1) is 0 Å². The molecule has 1 saturated carbocycles. The maximum atomic E-state index is 5.38. The van der Waals surface area contributed by atoms with Crippen LogP contribution in [-0.2, 0) is 0 Å². The van der Waals surface area contributed by atoms with Crippen LogP contribution >= 0.6 is 0 Å². The molecule has 5 heteroatoms. The highest BCUT2D eigenvalue weighted by atomic mass is 15.3. The van der Waals surface area contributed by atoms with E-state index in [2.05, 4.69) is 27.6 Å². The molecule has 2 atom stereocenters. The summed E-state index contributed by atoms with van der Waals surface area (Å²) in [6.07, 6.45) is 6.77. The zero-order valence-electron chi connectivity index (χ0n) is 11.9. The van der Waals surface area contributed by atoms with E-state index in [0.29, 0.717) is 5.82 Å². The number of aromatic nitrogens is 2. The van der Waals surface area contributed by atoms with Gasteiger partial charge in [0.15, 0.2) is 0 Å². The molecule has 106 valence electrons. The van der Waals surface area contributed by atoms with E-state index in [-0.39, 0.29) is 0 Å². The van der Waals surface area contributed by atoms with Gasteiger partial charge in [0.05, 0.1) is 0 Å². The second kappa shape index (κ2) is 6.70. The molecule has 2 rings (SSSR count). The largest absolute Gasteiger partial charge is 0.370 e. The Balaban J connectivity index is 1.80. The lowest BCUT2D eigenvalue weighted by atomic mass is 9.81. The van der Waals surface area contributed by atoms with Crippen LogP contribution in [0.4, 0.5) is 11.6 Å². The maximum Gasteiger partial charge on any atom is 0.145 e. The van der Waals surface area contributed by atoms with Crippen molar-refractivity contribution in [3.63, 3.8) is 0 Å². The summed E-state index contributed by atoms with van der Waals surface area (Å²) in [6.45, 7) is 5.21. The number of hydrogen-bond donors (Lipinski definition) is 3. The molecule has 0 spiro atoms. The fraction of sp³-hybridized carbons (Fsp3) is 0.714. The fourth-order valence-electron chi connectivity index (χ4n) is 2.96. The molecule has 1 aliphatic rings. The highest BCUT2D eigenvalue weighted by Gasteiger charge is 2.18. The van der Waals surface area contributed by atoms with Gasteiger partial charge in [-0.05, 0) is 31.6 Å². The third-order valence-corrected chi connectivity index (χ3v) is 3.89. The predicted octanol–water partition coefficient (Wildman–Crippen LogP) is 2.70.